The van der Waals surface area contributed by atoms with Gasteiger partial charge >= 0.3 is 0 Å². The second-order valence-corrected chi connectivity index (χ2v) is 22.3. The molecule has 0 radical (unpaired) electrons. The summed E-state index contributed by atoms with van der Waals surface area (Å²) in [5.41, 5.74) is 17.8. The zero-order valence-electron chi connectivity index (χ0n) is 38.3. The van der Waals surface area contributed by atoms with Gasteiger partial charge in [-0.1, -0.05) is 228 Å². The standard InChI is InChI=1S/C59H64I2N2O/c1-5-7-9-11-13-19-33-58(4)52-23-17-15-21-48(52)50-31-29-43(38-54(50)58)45-35-46(37-47(36-45)57(63)64-56(62)42-27-25-41(26-28-42)40(3)60)44-30-32-51-49-22-16-18-24-53(49)59(61,55(51)39-44)34-20-14-12-10-8-6-2/h15-18,21-32,35-40,62-63H,5-14,19-20,33-34H2,1-4H3. The van der Waals surface area contributed by atoms with Crippen molar-refractivity contribution in [2.24, 2.45) is 0 Å². The number of hydrogen-bond donors (Lipinski definition) is 2. The summed E-state index contributed by atoms with van der Waals surface area (Å²) in [6.07, 6.45) is 17.6. The Balaban J connectivity index is 1.18. The van der Waals surface area contributed by atoms with Gasteiger partial charge in [-0.05, 0) is 135 Å². The van der Waals surface area contributed by atoms with E-state index in [4.69, 9.17) is 10.1 Å². The highest BCUT2D eigenvalue weighted by atomic mass is 127. The van der Waals surface area contributed by atoms with Crippen LogP contribution in [0, 0.1) is 10.8 Å². The Hall–Kier alpha value is -4.08. The average Bonchev–Trinajstić information content (AvgIpc) is 3.72. The Morgan fingerprint density at radius 3 is 1.59 bits per heavy atom. The number of ether oxygens (including phenoxy) is 1. The van der Waals surface area contributed by atoms with E-state index in [2.05, 4.69) is 176 Å². The van der Waals surface area contributed by atoms with Crippen LogP contribution in [0.2, 0.25) is 0 Å². The average molecular weight is 1070 g/mol. The van der Waals surface area contributed by atoms with E-state index in [1.807, 2.05) is 24.3 Å². The summed E-state index contributed by atoms with van der Waals surface area (Å²) in [7, 11) is 0. The van der Waals surface area contributed by atoms with E-state index in [-0.39, 0.29) is 20.6 Å². The maximum Gasteiger partial charge on any atom is 0.221 e. The van der Waals surface area contributed by atoms with Crippen LogP contribution in [-0.2, 0) is 13.6 Å². The minimum atomic E-state index is -0.115. The molecule has 6 aromatic rings. The van der Waals surface area contributed by atoms with Crippen LogP contribution in [0.25, 0.3) is 44.5 Å². The summed E-state index contributed by atoms with van der Waals surface area (Å²) in [5, 5.41) is 18.3. The minimum absolute atomic E-state index is 0.0231. The topological polar surface area (TPSA) is 56.9 Å². The van der Waals surface area contributed by atoms with Crippen molar-refractivity contribution in [2.45, 2.75) is 130 Å². The van der Waals surface area contributed by atoms with Gasteiger partial charge in [0, 0.05) is 20.5 Å². The van der Waals surface area contributed by atoms with Crippen molar-refractivity contribution in [1.82, 2.24) is 0 Å². The van der Waals surface area contributed by atoms with E-state index in [1.54, 1.807) is 0 Å². The summed E-state index contributed by atoms with van der Waals surface area (Å²) >= 11 is 5.18. The van der Waals surface area contributed by atoms with Gasteiger partial charge in [0.05, 0.1) is 3.42 Å². The normalized spacial score (nSPS) is 17.3. The maximum atomic E-state index is 9.39. The first-order valence-electron chi connectivity index (χ1n) is 24.0. The van der Waals surface area contributed by atoms with Crippen LogP contribution in [-0.4, -0.2) is 11.8 Å². The molecule has 0 spiro atoms. The Labute approximate surface area is 410 Å². The third kappa shape index (κ3) is 9.59. The molecule has 0 saturated carbocycles. The lowest BCUT2D eigenvalue weighted by atomic mass is 9.75. The van der Waals surface area contributed by atoms with Gasteiger partial charge in [-0.2, -0.15) is 0 Å². The SMILES string of the molecule is CCCCCCCCC1(C)c2ccccc2-c2ccc(-c3cc(C(=N)OC(=N)c4ccc(C(C)I)cc4)cc(-c4ccc5c(c4)C(I)(CCCCCCCC)c4ccccc4-5)c3)cc21. The van der Waals surface area contributed by atoms with E-state index >= 15 is 0 Å². The highest BCUT2D eigenvalue weighted by Crippen LogP contribution is 2.57. The second-order valence-electron chi connectivity index (χ2n) is 18.6. The number of halogens is 2. The first-order chi connectivity index (χ1) is 31.1. The maximum absolute atomic E-state index is 9.39. The zero-order valence-corrected chi connectivity index (χ0v) is 42.6. The van der Waals surface area contributed by atoms with Crippen LogP contribution in [0.1, 0.15) is 160 Å². The van der Waals surface area contributed by atoms with E-state index < -0.39 is 0 Å². The lowest BCUT2D eigenvalue weighted by Crippen LogP contribution is -2.20. The molecule has 0 amide bonds. The number of alkyl halides is 2. The van der Waals surface area contributed by atoms with Crippen LogP contribution in [0.4, 0.5) is 0 Å². The van der Waals surface area contributed by atoms with Crippen molar-refractivity contribution < 1.29 is 4.74 Å². The molecule has 6 aromatic carbocycles. The molecule has 330 valence electrons. The summed E-state index contributed by atoms with van der Waals surface area (Å²) in [5.74, 6) is -0.0501. The smallest absolute Gasteiger partial charge is 0.221 e. The van der Waals surface area contributed by atoms with Crippen molar-refractivity contribution >= 4 is 57.0 Å². The molecule has 0 heterocycles. The fourth-order valence-corrected chi connectivity index (χ4v) is 12.1. The fourth-order valence-electron chi connectivity index (χ4n) is 10.4. The van der Waals surface area contributed by atoms with E-state index in [9.17, 15) is 5.41 Å². The van der Waals surface area contributed by atoms with Gasteiger partial charge < -0.3 is 4.74 Å². The first-order valence-corrected chi connectivity index (χ1v) is 26.3. The molecule has 8 rings (SSSR count). The summed E-state index contributed by atoms with van der Waals surface area (Å²) < 4.78 is 6.38. The van der Waals surface area contributed by atoms with Gasteiger partial charge in [-0.15, -0.1) is 0 Å². The molecule has 3 unspecified atom stereocenters. The number of fused-ring (bicyclic) bond motifs is 6. The molecular formula is C59H64I2N2O. The number of hydrogen-bond acceptors (Lipinski definition) is 3. The Bertz CT molecular complexity index is 2490. The molecular weight excluding hydrogens is 1010 g/mol. The Kier molecular flexibility index (Phi) is 15.0. The first kappa shape index (κ1) is 46.4. The predicted molar refractivity (Wildman–Crippen MR) is 289 cm³/mol. The van der Waals surface area contributed by atoms with Crippen LogP contribution >= 0.6 is 45.2 Å². The third-order valence-electron chi connectivity index (χ3n) is 14.1. The minimum Gasteiger partial charge on any atom is -0.421 e. The van der Waals surface area contributed by atoms with Crippen LogP contribution in [0.5, 0.6) is 0 Å². The summed E-state index contributed by atoms with van der Waals surface area (Å²) in [6.45, 7) is 9.19. The van der Waals surface area contributed by atoms with Crippen molar-refractivity contribution in [3.63, 3.8) is 0 Å². The molecule has 0 aliphatic heterocycles. The lowest BCUT2D eigenvalue weighted by Gasteiger charge is -2.28. The second kappa shape index (κ2) is 20.6. The van der Waals surface area contributed by atoms with E-state index in [1.165, 1.54) is 127 Å². The Morgan fingerprint density at radius 2 is 0.984 bits per heavy atom. The van der Waals surface area contributed by atoms with Crippen molar-refractivity contribution in [3.8, 4) is 44.5 Å². The highest BCUT2D eigenvalue weighted by Gasteiger charge is 2.41. The third-order valence-corrected chi connectivity index (χ3v) is 16.5. The summed E-state index contributed by atoms with van der Waals surface area (Å²) in [4.78, 5) is 0. The molecule has 2 aliphatic carbocycles. The molecule has 3 atom stereocenters. The van der Waals surface area contributed by atoms with E-state index in [0.717, 1.165) is 35.1 Å². The molecule has 64 heavy (non-hydrogen) atoms. The van der Waals surface area contributed by atoms with Gasteiger partial charge in [0.2, 0.25) is 11.8 Å². The zero-order chi connectivity index (χ0) is 44.8. The molecule has 5 heteroatoms. The van der Waals surface area contributed by atoms with E-state index in [0.29, 0.717) is 15.1 Å². The van der Waals surface area contributed by atoms with Crippen LogP contribution < -0.4 is 0 Å². The quantitative estimate of drug-likeness (QED) is 0.0274. The molecule has 2 aliphatic rings. The number of nitrogens with one attached hydrogen (secondary N) is 2. The monoisotopic (exact) mass is 1070 g/mol. The van der Waals surface area contributed by atoms with Gasteiger partial charge in [0.15, 0.2) is 0 Å². The van der Waals surface area contributed by atoms with Gasteiger partial charge in [-0.25, -0.2) is 0 Å². The lowest BCUT2D eigenvalue weighted by molar-refractivity contribution is 0.481. The highest BCUT2D eigenvalue weighted by molar-refractivity contribution is 14.1. The molecule has 0 aromatic heterocycles. The van der Waals surface area contributed by atoms with Gasteiger partial charge in [-0.3, -0.25) is 10.8 Å². The van der Waals surface area contributed by atoms with Gasteiger partial charge in [0.1, 0.15) is 0 Å². The molecule has 0 saturated heterocycles. The summed E-state index contributed by atoms with van der Waals surface area (Å²) in [6, 6.07) is 46.6. The largest absolute Gasteiger partial charge is 0.421 e. The number of unbranched alkanes of at least 4 members (excludes halogenated alkanes) is 10. The molecule has 3 nitrogen and oxygen atoms in total. The van der Waals surface area contributed by atoms with Gasteiger partial charge in [0.25, 0.3) is 0 Å². The number of benzene rings is 6. The van der Waals surface area contributed by atoms with Crippen LogP contribution in [0.3, 0.4) is 0 Å². The van der Waals surface area contributed by atoms with Crippen LogP contribution in [0.15, 0.2) is 127 Å². The fraction of sp³-hybridized carbons (Fsp3) is 0.356. The Morgan fingerprint density at radius 1 is 0.500 bits per heavy atom. The van der Waals surface area contributed by atoms with Crippen molar-refractivity contribution in [1.29, 1.82) is 10.8 Å². The van der Waals surface area contributed by atoms with Crippen molar-refractivity contribution in [3.05, 3.63) is 166 Å². The number of rotatable bonds is 19. The predicted octanol–water partition coefficient (Wildman–Crippen LogP) is 18.3. The molecule has 0 bridgehead atoms. The molecule has 0 fully saturated rings. The molecule has 2 N–H and O–H groups in total. The van der Waals surface area contributed by atoms with Crippen molar-refractivity contribution in [2.75, 3.05) is 0 Å².